The Kier molecular flexibility index (Phi) is 4.05. The molecule has 19 heavy (non-hydrogen) atoms. The Labute approximate surface area is 112 Å². The van der Waals surface area contributed by atoms with Gasteiger partial charge in [0.1, 0.15) is 5.60 Å². The third-order valence-corrected chi connectivity index (χ3v) is 3.72. The molecule has 6 heteroatoms. The number of hydrogen-bond acceptors (Lipinski definition) is 4. The summed E-state index contributed by atoms with van der Waals surface area (Å²) >= 11 is 0. The number of β-amino-alcohol motifs (C(OH)–C–C–N with tert-alkyl or cyclic N) is 1. The van der Waals surface area contributed by atoms with Crippen molar-refractivity contribution in [2.45, 2.75) is 50.2 Å². The van der Waals surface area contributed by atoms with E-state index < -0.39 is 5.60 Å². The fourth-order valence-electron chi connectivity index (χ4n) is 2.64. The fraction of sp³-hybridized carbons (Fsp3) is 0.769. The maximum Gasteiger partial charge on any atom is 0.224 e. The Morgan fingerprint density at radius 2 is 2.26 bits per heavy atom. The molecule has 0 aromatic heterocycles. The third kappa shape index (κ3) is 3.44. The summed E-state index contributed by atoms with van der Waals surface area (Å²) in [6.07, 6.45) is 3.53. The molecule has 2 saturated heterocycles. The second-order valence-corrected chi connectivity index (χ2v) is 5.52. The summed E-state index contributed by atoms with van der Waals surface area (Å²) in [7, 11) is 0. The Balaban J connectivity index is 1.79. The van der Waals surface area contributed by atoms with Gasteiger partial charge in [-0.3, -0.25) is 9.59 Å². The topological polar surface area (TPSA) is 93.4 Å². The number of amides is 2. The lowest BCUT2D eigenvalue weighted by molar-refractivity contribution is -0.155. The van der Waals surface area contributed by atoms with Gasteiger partial charge in [0.05, 0.1) is 25.6 Å². The zero-order valence-electron chi connectivity index (χ0n) is 10.9. The van der Waals surface area contributed by atoms with Crippen LogP contribution in [0.5, 0.6) is 0 Å². The van der Waals surface area contributed by atoms with E-state index in [9.17, 15) is 14.7 Å². The first-order valence-electron chi connectivity index (χ1n) is 6.69. The fourth-order valence-corrected chi connectivity index (χ4v) is 2.64. The SMILES string of the molecule is N#CCC1(O)CN(C(=O)CC2CCCCC(=O)N2)C1. The molecular formula is C13H19N3O3. The molecular weight excluding hydrogens is 246 g/mol. The number of nitriles is 1. The van der Waals surface area contributed by atoms with Crippen LogP contribution in [0.2, 0.25) is 0 Å². The normalized spacial score (nSPS) is 25.8. The van der Waals surface area contributed by atoms with Gasteiger partial charge in [-0.15, -0.1) is 0 Å². The van der Waals surface area contributed by atoms with Crippen LogP contribution in [0.15, 0.2) is 0 Å². The predicted octanol–water partition coefficient (Wildman–Crippen LogP) is -0.0777. The third-order valence-electron chi connectivity index (χ3n) is 3.72. The van der Waals surface area contributed by atoms with Gasteiger partial charge in [0, 0.05) is 18.9 Å². The molecule has 0 saturated carbocycles. The Morgan fingerprint density at radius 3 is 2.95 bits per heavy atom. The molecule has 2 heterocycles. The van der Waals surface area contributed by atoms with Gasteiger partial charge in [-0.1, -0.05) is 6.42 Å². The van der Waals surface area contributed by atoms with Crippen LogP contribution < -0.4 is 5.32 Å². The van der Waals surface area contributed by atoms with E-state index in [-0.39, 0.29) is 43.8 Å². The first kappa shape index (κ1) is 13.8. The molecule has 0 spiro atoms. The standard InChI is InChI=1S/C13H19N3O3/c14-6-5-13(19)8-16(9-13)12(18)7-10-3-1-2-4-11(17)15-10/h10,19H,1-5,7-9H2,(H,15,17). The quantitative estimate of drug-likeness (QED) is 0.746. The zero-order chi connectivity index (χ0) is 13.9. The molecule has 0 aliphatic carbocycles. The lowest BCUT2D eigenvalue weighted by Crippen LogP contribution is -2.63. The number of carbonyl (C=O) groups excluding carboxylic acids is 2. The summed E-state index contributed by atoms with van der Waals surface area (Å²) in [5.41, 5.74) is -1.03. The largest absolute Gasteiger partial charge is 0.385 e. The molecule has 2 rings (SSSR count). The van der Waals surface area contributed by atoms with Crippen LogP contribution in [-0.2, 0) is 9.59 Å². The molecule has 2 N–H and O–H groups in total. The summed E-state index contributed by atoms with van der Waals surface area (Å²) in [4.78, 5) is 24.9. The van der Waals surface area contributed by atoms with Crippen LogP contribution in [0, 0.1) is 11.3 Å². The van der Waals surface area contributed by atoms with Crippen LogP contribution in [0.25, 0.3) is 0 Å². The van der Waals surface area contributed by atoms with Crippen molar-refractivity contribution >= 4 is 11.8 Å². The molecule has 2 aliphatic rings. The molecule has 6 nitrogen and oxygen atoms in total. The summed E-state index contributed by atoms with van der Waals surface area (Å²) in [6, 6.07) is 1.83. The number of carbonyl (C=O) groups is 2. The molecule has 0 aromatic rings. The monoisotopic (exact) mass is 265 g/mol. The first-order chi connectivity index (χ1) is 9.02. The number of nitrogens with zero attached hydrogens (tertiary/aromatic N) is 2. The van der Waals surface area contributed by atoms with Crippen molar-refractivity contribution in [2.75, 3.05) is 13.1 Å². The van der Waals surface area contributed by atoms with Crippen molar-refractivity contribution in [1.29, 1.82) is 5.26 Å². The van der Waals surface area contributed by atoms with Crippen LogP contribution in [-0.4, -0.2) is 46.6 Å². The van der Waals surface area contributed by atoms with Gasteiger partial charge >= 0.3 is 0 Å². The van der Waals surface area contributed by atoms with Crippen molar-refractivity contribution in [2.24, 2.45) is 0 Å². The van der Waals surface area contributed by atoms with Crippen molar-refractivity contribution in [3.63, 3.8) is 0 Å². The van der Waals surface area contributed by atoms with E-state index in [1.54, 1.807) is 4.90 Å². The van der Waals surface area contributed by atoms with E-state index in [2.05, 4.69) is 5.32 Å². The number of nitrogens with one attached hydrogen (secondary N) is 1. The molecule has 0 radical (unpaired) electrons. The minimum Gasteiger partial charge on any atom is -0.385 e. The maximum absolute atomic E-state index is 12.0. The lowest BCUT2D eigenvalue weighted by Gasteiger charge is -2.45. The van der Waals surface area contributed by atoms with E-state index in [1.807, 2.05) is 6.07 Å². The smallest absolute Gasteiger partial charge is 0.224 e. The van der Waals surface area contributed by atoms with Crippen molar-refractivity contribution in [1.82, 2.24) is 10.2 Å². The predicted molar refractivity (Wildman–Crippen MR) is 66.8 cm³/mol. The van der Waals surface area contributed by atoms with Gasteiger partial charge in [-0.25, -0.2) is 0 Å². The highest BCUT2D eigenvalue weighted by atomic mass is 16.3. The number of likely N-dealkylation sites (tertiary alicyclic amines) is 1. The molecule has 0 bridgehead atoms. The van der Waals surface area contributed by atoms with Crippen molar-refractivity contribution < 1.29 is 14.7 Å². The highest BCUT2D eigenvalue weighted by Crippen LogP contribution is 2.25. The minimum absolute atomic E-state index is 0.0138. The van der Waals surface area contributed by atoms with Gasteiger partial charge in [-0.2, -0.15) is 5.26 Å². The molecule has 104 valence electrons. The average Bonchev–Trinajstić information content (AvgIpc) is 2.50. The van der Waals surface area contributed by atoms with Gasteiger partial charge in [0.25, 0.3) is 0 Å². The zero-order valence-corrected chi connectivity index (χ0v) is 10.9. The summed E-state index contributed by atoms with van der Waals surface area (Å²) in [5.74, 6) is -0.0466. The average molecular weight is 265 g/mol. The highest BCUT2D eigenvalue weighted by Gasteiger charge is 2.43. The number of aliphatic hydroxyl groups is 1. The van der Waals surface area contributed by atoms with Crippen LogP contribution in [0.3, 0.4) is 0 Å². The molecule has 1 atom stereocenters. The molecule has 2 fully saturated rings. The Bertz CT molecular complexity index is 410. The molecule has 1 unspecified atom stereocenters. The Hall–Kier alpha value is -1.61. The van der Waals surface area contributed by atoms with E-state index in [1.165, 1.54) is 0 Å². The Morgan fingerprint density at radius 1 is 1.53 bits per heavy atom. The van der Waals surface area contributed by atoms with Crippen molar-refractivity contribution in [3.05, 3.63) is 0 Å². The van der Waals surface area contributed by atoms with Crippen LogP contribution in [0.1, 0.15) is 38.5 Å². The molecule has 2 aliphatic heterocycles. The molecule has 2 amide bonds. The van der Waals surface area contributed by atoms with E-state index in [0.29, 0.717) is 6.42 Å². The van der Waals surface area contributed by atoms with E-state index in [0.717, 1.165) is 19.3 Å². The maximum atomic E-state index is 12.0. The second-order valence-electron chi connectivity index (χ2n) is 5.52. The summed E-state index contributed by atoms with van der Waals surface area (Å²) < 4.78 is 0. The first-order valence-corrected chi connectivity index (χ1v) is 6.69. The lowest BCUT2D eigenvalue weighted by atomic mass is 9.90. The van der Waals surface area contributed by atoms with Crippen LogP contribution in [0.4, 0.5) is 0 Å². The van der Waals surface area contributed by atoms with Gasteiger partial charge in [-0.05, 0) is 12.8 Å². The van der Waals surface area contributed by atoms with Gasteiger partial charge < -0.3 is 15.3 Å². The number of rotatable bonds is 3. The van der Waals surface area contributed by atoms with E-state index in [4.69, 9.17) is 5.26 Å². The van der Waals surface area contributed by atoms with Crippen LogP contribution >= 0.6 is 0 Å². The van der Waals surface area contributed by atoms with Gasteiger partial charge in [0.2, 0.25) is 11.8 Å². The summed E-state index contributed by atoms with van der Waals surface area (Å²) in [6.45, 7) is 0.445. The highest BCUT2D eigenvalue weighted by molar-refractivity contribution is 5.80. The van der Waals surface area contributed by atoms with Gasteiger partial charge in [0.15, 0.2) is 0 Å². The minimum atomic E-state index is -1.03. The second kappa shape index (κ2) is 5.57. The number of hydrogen-bond donors (Lipinski definition) is 2. The summed E-state index contributed by atoms with van der Waals surface area (Å²) in [5, 5.41) is 21.2. The molecule has 0 aromatic carbocycles. The van der Waals surface area contributed by atoms with E-state index >= 15 is 0 Å². The van der Waals surface area contributed by atoms with Crippen molar-refractivity contribution in [3.8, 4) is 6.07 Å².